The third-order valence-corrected chi connectivity index (χ3v) is 13.1. The Hall–Kier alpha value is -6.64. The molecule has 3 aliphatic rings. The Balaban J connectivity index is 1.06. The van der Waals surface area contributed by atoms with Crippen molar-refractivity contribution in [1.29, 1.82) is 0 Å². The summed E-state index contributed by atoms with van der Waals surface area (Å²) in [6.07, 6.45) is 3.99. The van der Waals surface area contributed by atoms with Gasteiger partial charge in [0.25, 0.3) is 11.8 Å². The lowest BCUT2D eigenvalue weighted by Crippen LogP contribution is -2.43. The molecule has 1 atom stereocenters. The number of alkyl halides is 2. The minimum atomic E-state index is -2.90. The fourth-order valence-corrected chi connectivity index (χ4v) is 9.37. The Bertz CT molecular complexity index is 2710. The molecule has 2 aromatic heterocycles. The lowest BCUT2D eigenvalue weighted by Gasteiger charge is -2.36. The predicted molar refractivity (Wildman–Crippen MR) is 244 cm³/mol. The second-order valence-electron chi connectivity index (χ2n) is 17.2. The number of para-hydroxylation sites is 1. The first-order chi connectivity index (χ1) is 31.5. The molecule has 0 aliphatic carbocycles. The van der Waals surface area contributed by atoms with E-state index in [-0.39, 0.29) is 29.8 Å². The van der Waals surface area contributed by atoms with Crippen LogP contribution in [-0.4, -0.2) is 98.8 Å². The normalized spacial score (nSPS) is 16.3. The third kappa shape index (κ3) is 9.18. The number of anilines is 1. The van der Waals surface area contributed by atoms with Crippen LogP contribution in [0.15, 0.2) is 103 Å². The van der Waals surface area contributed by atoms with Crippen molar-refractivity contribution in [3.63, 3.8) is 0 Å². The van der Waals surface area contributed by atoms with Crippen molar-refractivity contribution in [2.24, 2.45) is 7.05 Å². The highest BCUT2D eigenvalue weighted by Gasteiger charge is 2.35. The molecule has 5 heterocycles. The summed E-state index contributed by atoms with van der Waals surface area (Å²) in [5.41, 5.74) is 8.56. The number of hydrogen-bond donors (Lipinski definition) is 1. The highest BCUT2D eigenvalue weighted by molar-refractivity contribution is 6.13. The molecule has 65 heavy (non-hydrogen) atoms. The number of fused-ring (bicyclic) bond motifs is 2. The Morgan fingerprint density at radius 3 is 2.37 bits per heavy atom. The van der Waals surface area contributed by atoms with Crippen molar-refractivity contribution < 1.29 is 32.6 Å². The second-order valence-corrected chi connectivity index (χ2v) is 17.2. The lowest BCUT2D eigenvalue weighted by molar-refractivity contribution is -0.131. The van der Waals surface area contributed by atoms with Gasteiger partial charge in [-0.05, 0) is 90.9 Å². The van der Waals surface area contributed by atoms with Crippen LogP contribution >= 0.6 is 0 Å². The maximum absolute atomic E-state index is 15.3. The molecule has 1 saturated heterocycles. The van der Waals surface area contributed by atoms with Crippen molar-refractivity contribution in [3.05, 3.63) is 148 Å². The summed E-state index contributed by atoms with van der Waals surface area (Å²) in [5.74, 6) is 0.0935. The Labute approximate surface area is 377 Å². The maximum Gasteiger partial charge on any atom is 0.333 e. The first kappa shape index (κ1) is 43.6. The van der Waals surface area contributed by atoms with E-state index in [1.54, 1.807) is 12.1 Å². The molecule has 0 spiro atoms. The van der Waals surface area contributed by atoms with Gasteiger partial charge in [-0.15, -0.1) is 0 Å². The summed E-state index contributed by atoms with van der Waals surface area (Å²) >= 11 is 0. The fraction of sp³-hybridized carbons (Fsp3) is 0.333. The van der Waals surface area contributed by atoms with Crippen molar-refractivity contribution in [1.82, 2.24) is 29.0 Å². The number of ether oxygens (including phenoxy) is 2. The molecule has 0 unspecified atom stereocenters. The monoisotopic (exact) mass is 881 g/mol. The average Bonchev–Trinajstić information content (AvgIpc) is 3.91. The molecule has 336 valence electrons. The molecule has 3 amide bonds. The molecule has 0 radical (unpaired) electrons. The molecule has 4 aromatic carbocycles. The van der Waals surface area contributed by atoms with E-state index in [0.29, 0.717) is 83.1 Å². The highest BCUT2D eigenvalue weighted by atomic mass is 19.3. The maximum atomic E-state index is 15.3. The number of amides is 3. The number of nitrogens with one attached hydrogen (secondary N) is 1. The van der Waals surface area contributed by atoms with Crippen molar-refractivity contribution in [3.8, 4) is 28.1 Å². The van der Waals surface area contributed by atoms with Crippen LogP contribution in [0.3, 0.4) is 0 Å². The largest absolute Gasteiger partial charge is 0.492 e. The zero-order chi connectivity index (χ0) is 45.2. The minimum Gasteiger partial charge on any atom is -0.492 e. The average molecular weight is 882 g/mol. The predicted octanol–water partition coefficient (Wildman–Crippen LogP) is 7.94. The summed E-state index contributed by atoms with van der Waals surface area (Å²) in [7, 11) is 1.82. The van der Waals surface area contributed by atoms with Gasteiger partial charge < -0.3 is 29.2 Å². The minimum absolute atomic E-state index is 0.0275. The molecule has 9 rings (SSSR count). The molecule has 1 fully saturated rings. The first-order valence-corrected chi connectivity index (χ1v) is 22.2. The summed E-state index contributed by atoms with van der Waals surface area (Å²) < 4.78 is 42.1. The van der Waals surface area contributed by atoms with E-state index in [1.807, 2.05) is 108 Å². The molecule has 1 N–H and O–H groups in total. The number of morpholine rings is 1. The zero-order valence-electron chi connectivity index (χ0n) is 36.9. The van der Waals surface area contributed by atoms with Gasteiger partial charge in [0.05, 0.1) is 37.1 Å². The van der Waals surface area contributed by atoms with E-state index in [2.05, 4.69) is 21.4 Å². The van der Waals surface area contributed by atoms with Gasteiger partial charge in [0.2, 0.25) is 5.91 Å². The van der Waals surface area contributed by atoms with Crippen LogP contribution < -0.4 is 10.1 Å². The molecule has 0 bridgehead atoms. The number of benzene rings is 4. The number of halogens is 2. The topological polar surface area (TPSA) is 114 Å². The van der Waals surface area contributed by atoms with Gasteiger partial charge in [0, 0.05) is 92.2 Å². The molecule has 14 heteroatoms. The Kier molecular flexibility index (Phi) is 12.6. The smallest absolute Gasteiger partial charge is 0.333 e. The Morgan fingerprint density at radius 1 is 0.892 bits per heavy atom. The highest BCUT2D eigenvalue weighted by Crippen LogP contribution is 2.43. The third-order valence-electron chi connectivity index (χ3n) is 13.1. The molecule has 6 aromatic rings. The van der Waals surface area contributed by atoms with E-state index >= 15 is 4.79 Å². The molecule has 3 aliphatic heterocycles. The number of aromatic nitrogens is 3. The summed E-state index contributed by atoms with van der Waals surface area (Å²) in [6, 6.07) is 28.6. The Morgan fingerprint density at radius 2 is 1.63 bits per heavy atom. The van der Waals surface area contributed by atoms with Crippen LogP contribution in [0.2, 0.25) is 0 Å². The number of carbonyl (C=O) groups is 3. The van der Waals surface area contributed by atoms with Gasteiger partial charge in [-0.2, -0.15) is 13.9 Å². The van der Waals surface area contributed by atoms with Gasteiger partial charge in [-0.3, -0.25) is 19.3 Å². The summed E-state index contributed by atoms with van der Waals surface area (Å²) in [4.78, 5) is 49.6. The molecular formula is C51H53F2N7O5. The fourth-order valence-electron chi connectivity index (χ4n) is 9.37. The first-order valence-electron chi connectivity index (χ1n) is 22.2. The summed E-state index contributed by atoms with van der Waals surface area (Å²) in [5, 5.41) is 6.96. The van der Waals surface area contributed by atoms with Crippen LogP contribution in [0, 0.1) is 6.92 Å². The zero-order valence-corrected chi connectivity index (χ0v) is 36.9. The SMILES string of the molecule is Cc1c(C(=O)Nc2ccccc2)c(-c2cnn(C(F)F)c2)c(-c2cc3c(cc2C(=O)N2Cc4ccccc4C[C@H]2C)CN(C(=O)Cc2ccc(OCCN4CCOCC4)cc2)CC3)n1C. The van der Waals surface area contributed by atoms with E-state index in [9.17, 15) is 18.4 Å². The molecule has 12 nitrogen and oxygen atoms in total. The van der Waals surface area contributed by atoms with Crippen LogP contribution in [0.25, 0.3) is 22.4 Å². The van der Waals surface area contributed by atoms with Crippen LogP contribution in [0.1, 0.15) is 67.7 Å². The van der Waals surface area contributed by atoms with Crippen LogP contribution in [0.5, 0.6) is 5.75 Å². The van der Waals surface area contributed by atoms with Gasteiger partial charge >= 0.3 is 6.55 Å². The number of nitrogens with zero attached hydrogens (tertiary/aromatic N) is 6. The van der Waals surface area contributed by atoms with E-state index in [4.69, 9.17) is 9.47 Å². The lowest BCUT2D eigenvalue weighted by atomic mass is 9.88. The molecular weight excluding hydrogens is 829 g/mol. The quantitative estimate of drug-likeness (QED) is 0.133. The van der Waals surface area contributed by atoms with Crippen LogP contribution in [-0.2, 0) is 48.9 Å². The van der Waals surface area contributed by atoms with Gasteiger partial charge in [0.1, 0.15) is 12.4 Å². The van der Waals surface area contributed by atoms with Crippen molar-refractivity contribution in [2.45, 2.75) is 58.8 Å². The van der Waals surface area contributed by atoms with E-state index in [1.165, 1.54) is 18.0 Å². The number of hydrogen-bond acceptors (Lipinski definition) is 7. The van der Waals surface area contributed by atoms with Crippen LogP contribution in [0.4, 0.5) is 14.5 Å². The van der Waals surface area contributed by atoms with E-state index < -0.39 is 12.5 Å². The summed E-state index contributed by atoms with van der Waals surface area (Å²) in [6.45, 7) is 6.80. The van der Waals surface area contributed by atoms with E-state index in [0.717, 1.165) is 60.9 Å². The number of rotatable bonds is 12. The number of carbonyl (C=O) groups excluding carboxylic acids is 3. The second kappa shape index (κ2) is 18.8. The van der Waals surface area contributed by atoms with Gasteiger partial charge in [0.15, 0.2) is 0 Å². The van der Waals surface area contributed by atoms with Gasteiger partial charge in [-0.1, -0.05) is 54.6 Å². The van der Waals surface area contributed by atoms with Crippen molar-refractivity contribution in [2.75, 3.05) is 51.3 Å². The standard InChI is InChI=1S/C51H53F2N7O5/c1-33-25-36-9-7-8-10-38(36)31-59(33)50(63)44-28-39-30-58(45(61)26-35-13-15-42(16-14-35)65-24-21-57-19-22-64-23-20-57)18-17-37(39)27-43(44)48-47(40-29-54-60(32-40)51(52)53)46(34(2)56(48)3)49(62)55-41-11-5-4-6-12-41/h4-16,27-29,32-33,51H,17-26,30-31H2,1-3H3,(H,55,62)/t33-/m1/s1. The molecule has 0 saturated carbocycles. The van der Waals surface area contributed by atoms with Gasteiger partial charge in [-0.25, -0.2) is 4.68 Å². The van der Waals surface area contributed by atoms with Crippen molar-refractivity contribution >= 4 is 23.4 Å².